The summed E-state index contributed by atoms with van der Waals surface area (Å²) in [5, 5.41) is 4.01. The fourth-order valence-corrected chi connectivity index (χ4v) is 2.10. The van der Waals surface area contributed by atoms with Crippen LogP contribution in [0.15, 0.2) is 0 Å². The number of nitrogens with two attached hydrogens (primary N) is 1. The van der Waals surface area contributed by atoms with Gasteiger partial charge < -0.3 is 11.1 Å². The van der Waals surface area contributed by atoms with Crippen molar-refractivity contribution in [3.63, 3.8) is 0 Å². The van der Waals surface area contributed by atoms with E-state index >= 15 is 0 Å². The summed E-state index contributed by atoms with van der Waals surface area (Å²) in [6, 6.07) is 0.462. The van der Waals surface area contributed by atoms with E-state index in [1.54, 1.807) is 0 Å². The van der Waals surface area contributed by atoms with Gasteiger partial charge in [-0.2, -0.15) is 12.6 Å². The Bertz CT molecular complexity index is 149. The summed E-state index contributed by atoms with van der Waals surface area (Å²) in [6.07, 6.45) is 4.71. The average molecular weight is 190 g/mol. The topological polar surface area (TPSA) is 38.0 Å². The standard InChI is InChI=1S/C7H14N2S2/c8-7(11)9-5-2-1-3-6(10)4-5/h5-6,10H,1-4H2,(H3,8,9,11). The molecule has 4 heteroatoms. The Morgan fingerprint density at radius 3 is 2.82 bits per heavy atom. The van der Waals surface area contributed by atoms with Gasteiger partial charge in [0.15, 0.2) is 5.11 Å². The first-order valence-corrected chi connectivity index (χ1v) is 4.85. The van der Waals surface area contributed by atoms with Crippen LogP contribution in [0.1, 0.15) is 25.7 Å². The lowest BCUT2D eigenvalue weighted by Gasteiger charge is -2.26. The van der Waals surface area contributed by atoms with Crippen LogP contribution < -0.4 is 11.1 Å². The third kappa shape index (κ3) is 3.29. The van der Waals surface area contributed by atoms with Crippen LogP contribution in [-0.2, 0) is 0 Å². The summed E-state index contributed by atoms with van der Waals surface area (Å²) in [5.41, 5.74) is 5.36. The molecular formula is C7H14N2S2. The van der Waals surface area contributed by atoms with Gasteiger partial charge in [0.2, 0.25) is 0 Å². The van der Waals surface area contributed by atoms with Crippen molar-refractivity contribution in [3.8, 4) is 0 Å². The van der Waals surface area contributed by atoms with Crippen molar-refractivity contribution in [3.05, 3.63) is 0 Å². The van der Waals surface area contributed by atoms with Gasteiger partial charge in [0.25, 0.3) is 0 Å². The Labute approximate surface area is 78.3 Å². The number of hydrogen-bond acceptors (Lipinski definition) is 2. The molecule has 1 fully saturated rings. The molecule has 0 radical (unpaired) electrons. The minimum Gasteiger partial charge on any atom is -0.376 e. The highest BCUT2D eigenvalue weighted by molar-refractivity contribution is 7.81. The maximum Gasteiger partial charge on any atom is 0.163 e. The zero-order chi connectivity index (χ0) is 8.27. The SMILES string of the molecule is NC(=S)NC1CCCC(S)C1. The predicted octanol–water partition coefficient (Wildman–Crippen LogP) is 1.06. The molecule has 0 aromatic carbocycles. The highest BCUT2D eigenvalue weighted by Gasteiger charge is 2.18. The third-order valence-electron chi connectivity index (χ3n) is 1.99. The molecule has 1 rings (SSSR count). The van der Waals surface area contributed by atoms with Gasteiger partial charge in [-0.1, -0.05) is 6.42 Å². The molecule has 3 N–H and O–H groups in total. The second-order valence-electron chi connectivity index (χ2n) is 3.03. The Kier molecular flexibility index (Phi) is 3.45. The first-order valence-electron chi connectivity index (χ1n) is 3.92. The predicted molar refractivity (Wildman–Crippen MR) is 55.0 cm³/mol. The Balaban J connectivity index is 2.28. The maximum atomic E-state index is 5.36. The minimum absolute atomic E-state index is 0.414. The molecule has 1 aliphatic rings. The second-order valence-corrected chi connectivity index (χ2v) is 4.20. The highest BCUT2D eigenvalue weighted by Crippen LogP contribution is 2.22. The fourth-order valence-electron chi connectivity index (χ4n) is 1.50. The van der Waals surface area contributed by atoms with E-state index < -0.39 is 0 Å². The average Bonchev–Trinajstić information content (AvgIpc) is 1.85. The summed E-state index contributed by atoms with van der Waals surface area (Å²) >= 11 is 9.18. The number of thiol groups is 1. The fraction of sp³-hybridized carbons (Fsp3) is 0.857. The minimum atomic E-state index is 0.414. The van der Waals surface area contributed by atoms with Crippen LogP contribution in [0.25, 0.3) is 0 Å². The van der Waals surface area contributed by atoms with Gasteiger partial charge >= 0.3 is 0 Å². The van der Waals surface area contributed by atoms with Gasteiger partial charge in [0.1, 0.15) is 0 Å². The van der Waals surface area contributed by atoms with E-state index in [-0.39, 0.29) is 0 Å². The van der Waals surface area contributed by atoms with Crippen LogP contribution in [0.5, 0.6) is 0 Å². The van der Waals surface area contributed by atoms with Crippen molar-refractivity contribution in [1.82, 2.24) is 5.32 Å². The van der Waals surface area contributed by atoms with Gasteiger partial charge in [-0.3, -0.25) is 0 Å². The van der Waals surface area contributed by atoms with Gasteiger partial charge in [0.05, 0.1) is 0 Å². The van der Waals surface area contributed by atoms with Crippen LogP contribution in [0.4, 0.5) is 0 Å². The summed E-state index contributed by atoms with van der Waals surface area (Å²) in [5.74, 6) is 0. The smallest absolute Gasteiger partial charge is 0.163 e. The molecule has 0 aromatic heterocycles. The Morgan fingerprint density at radius 1 is 1.55 bits per heavy atom. The van der Waals surface area contributed by atoms with Crippen molar-refractivity contribution in [2.24, 2.45) is 5.73 Å². The number of hydrogen-bond donors (Lipinski definition) is 3. The van der Waals surface area contributed by atoms with E-state index in [9.17, 15) is 0 Å². The quantitative estimate of drug-likeness (QED) is 0.427. The molecule has 2 atom stereocenters. The summed E-state index contributed by atoms with van der Waals surface area (Å²) in [7, 11) is 0. The maximum absolute atomic E-state index is 5.36. The molecule has 0 spiro atoms. The molecule has 0 aromatic rings. The molecular weight excluding hydrogens is 176 g/mol. The summed E-state index contributed by atoms with van der Waals surface area (Å²) < 4.78 is 0. The molecule has 64 valence electrons. The second kappa shape index (κ2) is 4.16. The monoisotopic (exact) mass is 190 g/mol. The third-order valence-corrected chi connectivity index (χ3v) is 2.58. The largest absolute Gasteiger partial charge is 0.376 e. The normalized spacial score (nSPS) is 31.4. The van der Waals surface area contributed by atoms with Crippen molar-refractivity contribution >= 4 is 30.0 Å². The molecule has 1 saturated carbocycles. The van der Waals surface area contributed by atoms with E-state index in [0.717, 1.165) is 6.42 Å². The van der Waals surface area contributed by atoms with Gasteiger partial charge in [-0.15, -0.1) is 0 Å². The van der Waals surface area contributed by atoms with Crippen LogP contribution in [0.3, 0.4) is 0 Å². The van der Waals surface area contributed by atoms with E-state index in [1.807, 2.05) is 0 Å². The van der Waals surface area contributed by atoms with Crippen LogP contribution in [0, 0.1) is 0 Å². The van der Waals surface area contributed by atoms with E-state index in [1.165, 1.54) is 19.3 Å². The van der Waals surface area contributed by atoms with Gasteiger partial charge in [0, 0.05) is 11.3 Å². The van der Waals surface area contributed by atoms with E-state index in [2.05, 4.69) is 17.9 Å². The number of rotatable bonds is 1. The number of nitrogens with one attached hydrogen (secondary N) is 1. The van der Waals surface area contributed by atoms with Crippen molar-refractivity contribution < 1.29 is 0 Å². The van der Waals surface area contributed by atoms with Gasteiger partial charge in [-0.25, -0.2) is 0 Å². The molecule has 0 amide bonds. The molecule has 2 unspecified atom stereocenters. The molecule has 0 heterocycles. The molecule has 2 nitrogen and oxygen atoms in total. The zero-order valence-corrected chi connectivity index (χ0v) is 8.13. The number of thiocarbonyl (C=S) groups is 1. The van der Waals surface area contributed by atoms with Gasteiger partial charge in [-0.05, 0) is 31.5 Å². The molecule has 0 saturated heterocycles. The summed E-state index contributed by atoms with van der Waals surface area (Å²) in [6.45, 7) is 0. The first kappa shape index (κ1) is 9.13. The van der Waals surface area contributed by atoms with Crippen molar-refractivity contribution in [2.45, 2.75) is 37.0 Å². The van der Waals surface area contributed by atoms with Crippen LogP contribution in [-0.4, -0.2) is 16.4 Å². The van der Waals surface area contributed by atoms with E-state index in [0.29, 0.717) is 16.4 Å². The lowest BCUT2D eigenvalue weighted by Crippen LogP contribution is -2.41. The summed E-state index contributed by atoms with van der Waals surface area (Å²) in [4.78, 5) is 0. The Morgan fingerprint density at radius 2 is 2.27 bits per heavy atom. The Hall–Kier alpha value is 0.0400. The van der Waals surface area contributed by atoms with Crippen molar-refractivity contribution in [1.29, 1.82) is 0 Å². The van der Waals surface area contributed by atoms with Crippen LogP contribution in [0.2, 0.25) is 0 Å². The molecule has 0 aliphatic heterocycles. The first-order chi connectivity index (χ1) is 5.18. The van der Waals surface area contributed by atoms with E-state index in [4.69, 9.17) is 18.0 Å². The zero-order valence-electron chi connectivity index (χ0n) is 6.42. The lowest BCUT2D eigenvalue weighted by atomic mass is 9.95. The molecule has 11 heavy (non-hydrogen) atoms. The highest BCUT2D eigenvalue weighted by atomic mass is 32.1. The lowest BCUT2D eigenvalue weighted by molar-refractivity contribution is 0.424. The molecule has 1 aliphatic carbocycles. The van der Waals surface area contributed by atoms with Crippen molar-refractivity contribution in [2.75, 3.05) is 0 Å². The molecule has 0 bridgehead atoms. The van der Waals surface area contributed by atoms with Crippen LogP contribution >= 0.6 is 24.8 Å².